The summed E-state index contributed by atoms with van der Waals surface area (Å²) in [5, 5.41) is 3.55. The first kappa shape index (κ1) is 15.0. The lowest BCUT2D eigenvalue weighted by molar-refractivity contribution is 0.337. The van der Waals surface area contributed by atoms with Crippen LogP contribution in [0.3, 0.4) is 0 Å². The van der Waals surface area contributed by atoms with Crippen LogP contribution in [0.2, 0.25) is 0 Å². The Labute approximate surface area is 112 Å². The molecule has 0 spiro atoms. The van der Waals surface area contributed by atoms with E-state index in [2.05, 4.69) is 52.1 Å². The molecule has 0 aliphatic rings. The summed E-state index contributed by atoms with van der Waals surface area (Å²) in [6.07, 6.45) is 1.07. The highest BCUT2D eigenvalue weighted by Crippen LogP contribution is 2.23. The average molecular weight is 249 g/mol. The second-order valence-corrected chi connectivity index (χ2v) is 5.40. The Hall–Kier alpha value is -1.02. The van der Waals surface area contributed by atoms with Gasteiger partial charge in [-0.15, -0.1) is 0 Å². The van der Waals surface area contributed by atoms with Crippen molar-refractivity contribution in [3.05, 3.63) is 28.8 Å². The summed E-state index contributed by atoms with van der Waals surface area (Å²) in [4.78, 5) is 0. The molecular weight excluding hydrogens is 222 g/mol. The van der Waals surface area contributed by atoms with Crippen LogP contribution in [0.1, 0.15) is 44.4 Å². The lowest BCUT2D eigenvalue weighted by Crippen LogP contribution is -2.34. The Balaban J connectivity index is 2.81. The highest BCUT2D eigenvalue weighted by atomic mass is 16.5. The van der Waals surface area contributed by atoms with E-state index in [1.165, 1.54) is 16.7 Å². The van der Waals surface area contributed by atoms with E-state index in [1.54, 1.807) is 0 Å². The normalized spacial score (nSPS) is 12.8. The minimum atomic E-state index is 0.501. The van der Waals surface area contributed by atoms with E-state index in [0.29, 0.717) is 12.1 Å². The molecule has 2 nitrogen and oxygen atoms in total. The summed E-state index contributed by atoms with van der Waals surface area (Å²) in [6.45, 7) is 13.7. The van der Waals surface area contributed by atoms with Crippen LogP contribution in [-0.4, -0.2) is 18.7 Å². The molecule has 0 radical (unpaired) electrons. The lowest BCUT2D eigenvalue weighted by Gasteiger charge is -2.19. The highest BCUT2D eigenvalue weighted by molar-refractivity contribution is 5.41. The molecule has 0 fully saturated rings. The van der Waals surface area contributed by atoms with Crippen LogP contribution in [0.5, 0.6) is 5.75 Å². The highest BCUT2D eigenvalue weighted by Gasteiger charge is 2.09. The van der Waals surface area contributed by atoms with E-state index in [-0.39, 0.29) is 0 Å². The van der Waals surface area contributed by atoms with Gasteiger partial charge in [0.1, 0.15) is 5.75 Å². The van der Waals surface area contributed by atoms with Crippen molar-refractivity contribution in [2.24, 2.45) is 0 Å². The minimum absolute atomic E-state index is 0.501. The molecule has 1 aromatic carbocycles. The molecule has 1 N–H and O–H groups in total. The molecule has 0 aliphatic heterocycles. The predicted molar refractivity (Wildman–Crippen MR) is 78.5 cm³/mol. The predicted octanol–water partition coefficient (Wildman–Crippen LogP) is 3.63. The third-order valence-corrected chi connectivity index (χ3v) is 3.08. The quantitative estimate of drug-likeness (QED) is 0.831. The summed E-state index contributed by atoms with van der Waals surface area (Å²) >= 11 is 0. The Morgan fingerprint density at radius 3 is 2.33 bits per heavy atom. The van der Waals surface area contributed by atoms with Gasteiger partial charge in [0.25, 0.3) is 0 Å². The third kappa shape index (κ3) is 4.34. The molecule has 0 amide bonds. The maximum Gasteiger partial charge on any atom is 0.122 e. The largest absolute Gasteiger partial charge is 0.494 e. The summed E-state index contributed by atoms with van der Waals surface area (Å²) < 4.78 is 5.63. The Morgan fingerprint density at radius 2 is 1.78 bits per heavy atom. The van der Waals surface area contributed by atoms with E-state index in [4.69, 9.17) is 4.74 Å². The molecule has 1 aromatic rings. The first-order valence-electron chi connectivity index (χ1n) is 6.93. The third-order valence-electron chi connectivity index (χ3n) is 3.08. The molecule has 0 saturated carbocycles. The van der Waals surface area contributed by atoms with Crippen molar-refractivity contribution >= 4 is 0 Å². The van der Waals surface area contributed by atoms with Crippen LogP contribution in [0, 0.1) is 13.8 Å². The zero-order chi connectivity index (χ0) is 13.7. The van der Waals surface area contributed by atoms with Crippen molar-refractivity contribution in [1.29, 1.82) is 0 Å². The molecule has 102 valence electrons. The first-order valence-corrected chi connectivity index (χ1v) is 6.93. The molecule has 18 heavy (non-hydrogen) atoms. The van der Waals surface area contributed by atoms with Gasteiger partial charge in [-0.2, -0.15) is 0 Å². The number of ether oxygens (including phenoxy) is 1. The zero-order valence-electron chi connectivity index (χ0n) is 12.6. The first-order chi connectivity index (χ1) is 8.43. The van der Waals surface area contributed by atoms with E-state index >= 15 is 0 Å². The minimum Gasteiger partial charge on any atom is -0.494 e. The number of benzene rings is 1. The van der Waals surface area contributed by atoms with E-state index < -0.39 is 0 Å². The van der Waals surface area contributed by atoms with Crippen molar-refractivity contribution in [1.82, 2.24) is 5.32 Å². The average Bonchev–Trinajstić information content (AvgIpc) is 2.24. The Kier molecular flexibility index (Phi) is 5.67. The van der Waals surface area contributed by atoms with Crippen molar-refractivity contribution in [2.75, 3.05) is 6.61 Å². The number of hydrogen-bond acceptors (Lipinski definition) is 2. The second kappa shape index (κ2) is 6.79. The molecule has 0 heterocycles. The van der Waals surface area contributed by atoms with E-state index in [1.807, 2.05) is 6.92 Å². The van der Waals surface area contributed by atoms with Crippen LogP contribution in [0.4, 0.5) is 0 Å². The van der Waals surface area contributed by atoms with Gasteiger partial charge in [0.2, 0.25) is 0 Å². The van der Waals surface area contributed by atoms with Crippen LogP contribution in [0.15, 0.2) is 12.1 Å². The summed E-state index contributed by atoms with van der Waals surface area (Å²) in [5.74, 6) is 1.02. The van der Waals surface area contributed by atoms with E-state index in [9.17, 15) is 0 Å². The van der Waals surface area contributed by atoms with Crippen LogP contribution < -0.4 is 10.1 Å². The SMILES string of the molecule is CCOc1cc(C)c(CC(C)NC(C)C)cc1C. The maximum absolute atomic E-state index is 5.63. The van der Waals surface area contributed by atoms with Gasteiger partial charge in [0.05, 0.1) is 6.61 Å². The van der Waals surface area contributed by atoms with Gasteiger partial charge in [-0.25, -0.2) is 0 Å². The second-order valence-electron chi connectivity index (χ2n) is 5.40. The number of hydrogen-bond donors (Lipinski definition) is 1. The maximum atomic E-state index is 5.63. The molecule has 1 atom stereocenters. The monoisotopic (exact) mass is 249 g/mol. The van der Waals surface area contributed by atoms with Gasteiger partial charge in [-0.1, -0.05) is 19.9 Å². The Bertz CT molecular complexity index is 385. The van der Waals surface area contributed by atoms with Gasteiger partial charge in [-0.3, -0.25) is 0 Å². The number of rotatable bonds is 6. The fourth-order valence-corrected chi connectivity index (χ4v) is 2.34. The molecule has 0 aromatic heterocycles. The van der Waals surface area contributed by atoms with Gasteiger partial charge >= 0.3 is 0 Å². The van der Waals surface area contributed by atoms with Gasteiger partial charge in [0.15, 0.2) is 0 Å². The van der Waals surface area contributed by atoms with Gasteiger partial charge in [-0.05, 0) is 56.9 Å². The van der Waals surface area contributed by atoms with Crippen LogP contribution in [-0.2, 0) is 6.42 Å². The van der Waals surface area contributed by atoms with Crippen LogP contribution in [0.25, 0.3) is 0 Å². The van der Waals surface area contributed by atoms with Crippen molar-refractivity contribution in [2.45, 2.75) is 60.0 Å². The van der Waals surface area contributed by atoms with E-state index in [0.717, 1.165) is 18.8 Å². The molecule has 0 saturated heterocycles. The molecule has 1 unspecified atom stereocenters. The van der Waals surface area contributed by atoms with Crippen LogP contribution >= 0.6 is 0 Å². The van der Waals surface area contributed by atoms with Crippen molar-refractivity contribution < 1.29 is 4.74 Å². The lowest BCUT2D eigenvalue weighted by atomic mass is 9.98. The zero-order valence-corrected chi connectivity index (χ0v) is 12.6. The molecule has 0 bridgehead atoms. The topological polar surface area (TPSA) is 21.3 Å². The smallest absolute Gasteiger partial charge is 0.122 e. The van der Waals surface area contributed by atoms with Crippen molar-refractivity contribution in [3.8, 4) is 5.75 Å². The molecule has 1 rings (SSSR count). The Morgan fingerprint density at radius 1 is 1.11 bits per heavy atom. The van der Waals surface area contributed by atoms with Gasteiger partial charge < -0.3 is 10.1 Å². The summed E-state index contributed by atoms with van der Waals surface area (Å²) in [7, 11) is 0. The fraction of sp³-hybridized carbons (Fsp3) is 0.625. The summed E-state index contributed by atoms with van der Waals surface area (Å²) in [5.41, 5.74) is 3.97. The number of aryl methyl sites for hydroxylation is 2. The van der Waals surface area contributed by atoms with Crippen molar-refractivity contribution in [3.63, 3.8) is 0 Å². The standard InChI is InChI=1S/C16H27NO/c1-7-18-16-9-12(4)15(8-13(16)5)10-14(6)17-11(2)3/h8-9,11,14,17H,7,10H2,1-6H3. The summed E-state index contributed by atoms with van der Waals surface area (Å²) in [6, 6.07) is 5.46. The fourth-order valence-electron chi connectivity index (χ4n) is 2.34. The number of nitrogens with one attached hydrogen (secondary N) is 1. The molecular formula is C16H27NO. The molecule has 0 aliphatic carbocycles. The molecule has 2 heteroatoms. The van der Waals surface area contributed by atoms with Gasteiger partial charge in [0, 0.05) is 12.1 Å².